The minimum absolute atomic E-state index is 0.306. The second-order valence-corrected chi connectivity index (χ2v) is 6.42. The number of hydrogen-bond donors (Lipinski definition) is 1. The van der Waals surface area contributed by atoms with Gasteiger partial charge in [0.1, 0.15) is 0 Å². The molecule has 1 aromatic rings. The molecule has 0 aliphatic heterocycles. The summed E-state index contributed by atoms with van der Waals surface area (Å²) in [5.74, 6) is 0.833. The van der Waals surface area contributed by atoms with Gasteiger partial charge in [0, 0.05) is 17.5 Å². The van der Waals surface area contributed by atoms with E-state index in [9.17, 15) is 0 Å². The standard InChI is InChI=1S/C13H19ClN2S/c1-2-9-3-5-11(15)12(7-9)17-13-6-4-10(14)8-16-13/h4,6,8-9,11-12H,2-3,5,7,15H2,1H3. The van der Waals surface area contributed by atoms with Crippen molar-refractivity contribution in [2.45, 2.75) is 48.9 Å². The van der Waals surface area contributed by atoms with Crippen molar-refractivity contribution in [1.82, 2.24) is 4.98 Å². The van der Waals surface area contributed by atoms with Crippen molar-refractivity contribution >= 4 is 23.4 Å². The van der Waals surface area contributed by atoms with E-state index < -0.39 is 0 Å². The first-order valence-electron chi connectivity index (χ1n) is 6.22. The summed E-state index contributed by atoms with van der Waals surface area (Å²) >= 11 is 7.64. The van der Waals surface area contributed by atoms with Gasteiger partial charge in [-0.3, -0.25) is 0 Å². The molecule has 1 aromatic heterocycles. The second kappa shape index (κ2) is 6.07. The van der Waals surface area contributed by atoms with Crippen molar-refractivity contribution in [3.05, 3.63) is 23.4 Å². The molecule has 17 heavy (non-hydrogen) atoms. The Morgan fingerprint density at radius 3 is 2.94 bits per heavy atom. The largest absolute Gasteiger partial charge is 0.327 e. The highest BCUT2D eigenvalue weighted by Gasteiger charge is 2.28. The Kier molecular flexibility index (Phi) is 4.71. The molecule has 1 heterocycles. The average Bonchev–Trinajstić information content (AvgIpc) is 2.35. The first-order chi connectivity index (χ1) is 8.19. The Labute approximate surface area is 112 Å². The number of thioether (sulfide) groups is 1. The zero-order chi connectivity index (χ0) is 12.3. The molecule has 2 N–H and O–H groups in total. The van der Waals surface area contributed by atoms with Gasteiger partial charge in [-0.15, -0.1) is 11.8 Å². The molecule has 3 atom stereocenters. The van der Waals surface area contributed by atoms with Crippen LogP contribution in [0, 0.1) is 5.92 Å². The SMILES string of the molecule is CCC1CCC(N)C(Sc2ccc(Cl)cn2)C1. The Morgan fingerprint density at radius 2 is 2.29 bits per heavy atom. The Morgan fingerprint density at radius 1 is 1.47 bits per heavy atom. The molecular weight excluding hydrogens is 252 g/mol. The van der Waals surface area contributed by atoms with E-state index in [1.54, 1.807) is 18.0 Å². The predicted molar refractivity (Wildman–Crippen MR) is 74.5 cm³/mol. The second-order valence-electron chi connectivity index (χ2n) is 4.72. The molecule has 0 radical (unpaired) electrons. The molecule has 2 rings (SSSR count). The van der Waals surface area contributed by atoms with Crippen LogP contribution in [-0.2, 0) is 0 Å². The molecule has 1 aliphatic rings. The minimum Gasteiger partial charge on any atom is -0.327 e. The maximum absolute atomic E-state index is 6.20. The van der Waals surface area contributed by atoms with Crippen LogP contribution in [0.4, 0.5) is 0 Å². The fourth-order valence-electron chi connectivity index (χ4n) is 2.33. The smallest absolute Gasteiger partial charge is 0.0964 e. The summed E-state index contributed by atoms with van der Waals surface area (Å²) in [5, 5.41) is 2.22. The van der Waals surface area contributed by atoms with Crippen LogP contribution in [0.5, 0.6) is 0 Å². The van der Waals surface area contributed by atoms with Crippen molar-refractivity contribution in [2.75, 3.05) is 0 Å². The van der Waals surface area contributed by atoms with Gasteiger partial charge < -0.3 is 5.73 Å². The van der Waals surface area contributed by atoms with E-state index in [0.29, 0.717) is 16.3 Å². The van der Waals surface area contributed by atoms with Gasteiger partial charge in [0.05, 0.1) is 10.0 Å². The number of nitrogens with two attached hydrogens (primary N) is 1. The van der Waals surface area contributed by atoms with E-state index in [1.807, 2.05) is 12.1 Å². The fourth-order valence-corrected chi connectivity index (χ4v) is 3.69. The molecule has 0 spiro atoms. The third kappa shape index (κ3) is 3.60. The quantitative estimate of drug-likeness (QED) is 0.910. The van der Waals surface area contributed by atoms with Crippen LogP contribution in [0.15, 0.2) is 23.4 Å². The minimum atomic E-state index is 0.306. The number of nitrogens with zero attached hydrogens (tertiary/aromatic N) is 1. The average molecular weight is 271 g/mol. The van der Waals surface area contributed by atoms with Gasteiger partial charge >= 0.3 is 0 Å². The predicted octanol–water partition coefficient (Wildman–Crippen LogP) is 3.73. The lowest BCUT2D eigenvalue weighted by molar-refractivity contribution is 0.327. The lowest BCUT2D eigenvalue weighted by Gasteiger charge is -2.33. The van der Waals surface area contributed by atoms with Crippen molar-refractivity contribution in [3.63, 3.8) is 0 Å². The molecule has 4 heteroatoms. The zero-order valence-corrected chi connectivity index (χ0v) is 11.7. The van der Waals surface area contributed by atoms with Crippen LogP contribution >= 0.6 is 23.4 Å². The fraction of sp³-hybridized carbons (Fsp3) is 0.615. The van der Waals surface area contributed by atoms with Crippen LogP contribution in [0.25, 0.3) is 0 Å². The lowest BCUT2D eigenvalue weighted by atomic mass is 9.84. The maximum Gasteiger partial charge on any atom is 0.0964 e. The lowest BCUT2D eigenvalue weighted by Crippen LogP contribution is -2.38. The summed E-state index contributed by atoms with van der Waals surface area (Å²) in [7, 11) is 0. The molecule has 0 saturated heterocycles. The molecule has 94 valence electrons. The van der Waals surface area contributed by atoms with Crippen LogP contribution in [0.1, 0.15) is 32.6 Å². The van der Waals surface area contributed by atoms with E-state index in [-0.39, 0.29) is 0 Å². The van der Waals surface area contributed by atoms with Crippen molar-refractivity contribution in [3.8, 4) is 0 Å². The topological polar surface area (TPSA) is 38.9 Å². The molecule has 0 aromatic carbocycles. The highest BCUT2D eigenvalue weighted by Crippen LogP contribution is 2.36. The third-order valence-corrected chi connectivity index (χ3v) is 5.05. The third-order valence-electron chi connectivity index (χ3n) is 3.50. The molecule has 2 nitrogen and oxygen atoms in total. The summed E-state index contributed by atoms with van der Waals surface area (Å²) in [6.45, 7) is 2.27. The van der Waals surface area contributed by atoms with Gasteiger partial charge in [-0.1, -0.05) is 24.9 Å². The normalized spacial score (nSPS) is 29.2. The highest BCUT2D eigenvalue weighted by molar-refractivity contribution is 7.99. The molecule has 0 bridgehead atoms. The van der Waals surface area contributed by atoms with Gasteiger partial charge in [-0.25, -0.2) is 4.98 Å². The number of aromatic nitrogens is 1. The van der Waals surface area contributed by atoms with Crippen molar-refractivity contribution < 1.29 is 0 Å². The monoisotopic (exact) mass is 270 g/mol. The van der Waals surface area contributed by atoms with Crippen molar-refractivity contribution in [1.29, 1.82) is 0 Å². The molecule has 3 unspecified atom stereocenters. The van der Waals surface area contributed by atoms with Gasteiger partial charge in [-0.2, -0.15) is 0 Å². The number of hydrogen-bond acceptors (Lipinski definition) is 3. The molecule has 0 amide bonds. The van der Waals surface area contributed by atoms with E-state index in [2.05, 4.69) is 11.9 Å². The summed E-state index contributed by atoms with van der Waals surface area (Å²) in [6.07, 6.45) is 6.60. The van der Waals surface area contributed by atoms with Gasteiger partial charge in [-0.05, 0) is 37.3 Å². The summed E-state index contributed by atoms with van der Waals surface area (Å²) in [4.78, 5) is 4.33. The van der Waals surface area contributed by atoms with E-state index in [0.717, 1.165) is 17.4 Å². The highest BCUT2D eigenvalue weighted by atomic mass is 35.5. The summed E-state index contributed by atoms with van der Waals surface area (Å²) < 4.78 is 0. The number of halogens is 1. The molecule has 1 saturated carbocycles. The van der Waals surface area contributed by atoms with Crippen molar-refractivity contribution in [2.24, 2.45) is 11.7 Å². The van der Waals surface area contributed by atoms with E-state index in [1.165, 1.54) is 19.3 Å². The van der Waals surface area contributed by atoms with Gasteiger partial charge in [0.25, 0.3) is 0 Å². The zero-order valence-electron chi connectivity index (χ0n) is 10.1. The molecular formula is C13H19ClN2S. The van der Waals surface area contributed by atoms with Crippen LogP contribution in [0.2, 0.25) is 5.02 Å². The first kappa shape index (κ1) is 13.2. The Bertz CT molecular complexity index is 355. The molecule has 1 fully saturated rings. The first-order valence-corrected chi connectivity index (χ1v) is 7.48. The van der Waals surface area contributed by atoms with Crippen LogP contribution in [-0.4, -0.2) is 16.3 Å². The van der Waals surface area contributed by atoms with Gasteiger partial charge in [0.15, 0.2) is 0 Å². The summed E-state index contributed by atoms with van der Waals surface area (Å²) in [6, 6.07) is 4.18. The van der Waals surface area contributed by atoms with Crippen LogP contribution in [0.3, 0.4) is 0 Å². The van der Waals surface area contributed by atoms with E-state index >= 15 is 0 Å². The number of rotatable bonds is 3. The van der Waals surface area contributed by atoms with E-state index in [4.69, 9.17) is 17.3 Å². The number of pyridine rings is 1. The summed E-state index contributed by atoms with van der Waals surface area (Å²) in [5.41, 5.74) is 6.20. The van der Waals surface area contributed by atoms with Crippen LogP contribution < -0.4 is 5.73 Å². The van der Waals surface area contributed by atoms with Gasteiger partial charge in [0.2, 0.25) is 0 Å². The Balaban J connectivity index is 1.98. The maximum atomic E-state index is 6.20. The molecule has 1 aliphatic carbocycles. The Hall–Kier alpha value is -0.250.